The second-order valence-corrected chi connectivity index (χ2v) is 6.05. The van der Waals surface area contributed by atoms with Crippen LogP contribution < -0.4 is 10.8 Å². The van der Waals surface area contributed by atoms with Crippen LogP contribution in [0.25, 0.3) is 11.1 Å². The average molecular weight is 270 g/mol. The van der Waals surface area contributed by atoms with Crippen molar-refractivity contribution in [3.8, 4) is 11.1 Å². The highest BCUT2D eigenvalue weighted by molar-refractivity contribution is 7.73. The molecule has 1 aliphatic carbocycles. The lowest BCUT2D eigenvalue weighted by Crippen LogP contribution is -2.13. The molecule has 0 nitrogen and oxygen atoms in total. The quantitative estimate of drug-likeness (QED) is 0.580. The van der Waals surface area contributed by atoms with E-state index in [-0.39, 0.29) is 9.06 Å². The van der Waals surface area contributed by atoms with E-state index < -0.39 is 8.40 Å². The van der Waals surface area contributed by atoms with E-state index in [0.717, 1.165) is 19.8 Å². The highest BCUT2D eigenvalue weighted by Crippen LogP contribution is 2.32. The van der Waals surface area contributed by atoms with Gasteiger partial charge in [0.1, 0.15) is 7.57 Å². The molecular formula is C14H16B2P2. The topological polar surface area (TPSA) is 0 Å². The average Bonchev–Trinajstić information content (AvgIpc) is 2.46. The van der Waals surface area contributed by atoms with Crippen LogP contribution in [0.4, 0.5) is 0 Å². The molecule has 0 radical (unpaired) electrons. The fraction of sp³-hybridized carbons (Fsp3) is 0.143. The van der Waals surface area contributed by atoms with Crippen molar-refractivity contribution in [1.29, 1.82) is 2.56 Å². The first-order valence-electron chi connectivity index (χ1n) is 7.26. The van der Waals surface area contributed by atoms with Gasteiger partial charge in [0.05, 0.1) is 1.28 Å². The molecule has 2 aromatic carbocycles. The molecule has 0 spiro atoms. The van der Waals surface area contributed by atoms with Crippen LogP contribution in [0.3, 0.4) is 0 Å². The maximum atomic E-state index is 7.90. The zero-order valence-corrected chi connectivity index (χ0v) is 12.4. The number of fused-ring (bicyclic) bond motifs is 3. The Labute approximate surface area is 117 Å². The summed E-state index contributed by atoms with van der Waals surface area (Å²) in [5, 5.41) is 1.18. The van der Waals surface area contributed by atoms with Crippen molar-refractivity contribution in [2.45, 2.75) is 12.8 Å². The largest absolute Gasteiger partial charge is 0.180 e. The molecule has 0 fully saturated rings. The van der Waals surface area contributed by atoms with Crippen molar-refractivity contribution in [3.05, 3.63) is 47.5 Å². The summed E-state index contributed by atoms with van der Waals surface area (Å²) in [5.41, 5.74) is 6.80. The van der Waals surface area contributed by atoms with E-state index in [4.69, 9.17) is 2.56 Å². The summed E-state index contributed by atoms with van der Waals surface area (Å²) >= 11 is 0. The predicted octanol–water partition coefficient (Wildman–Crippen LogP) is 1.16. The number of rotatable bonds is 3. The summed E-state index contributed by atoms with van der Waals surface area (Å²) in [7, 11) is 1.47. The molecule has 0 bridgehead atoms. The molecule has 88 valence electrons. The smallest absolute Gasteiger partial charge is 0.169 e. The Hall–Kier alpha value is -0.570. The third-order valence-electron chi connectivity index (χ3n) is 3.67. The SMILES string of the molecule is [2H]PBc1ccc2c(c1)CCc1cc(P([2H])B)ccc1-2. The minimum absolute atomic E-state index is 0.238. The summed E-state index contributed by atoms with van der Waals surface area (Å²) in [6, 6.07) is 13.2. The molecule has 3 rings (SSSR count). The minimum Gasteiger partial charge on any atom is -0.169 e. The van der Waals surface area contributed by atoms with Crippen LogP contribution in [-0.2, 0) is 12.8 Å². The summed E-state index contributed by atoms with van der Waals surface area (Å²) in [6.07, 6.45) is 2.16. The Balaban J connectivity index is 2.03. The van der Waals surface area contributed by atoms with E-state index >= 15 is 0 Å². The standard InChI is InChI=1S/C14H16B2P2/c15-18-12-4-6-14-10(8-12)2-1-9-7-11(16-17)3-5-13(9)14/h3-8,16,18H,1-2,15,17H2/i17D,18D. The molecule has 0 amide bonds. The Kier molecular flexibility index (Phi) is 2.96. The van der Waals surface area contributed by atoms with Gasteiger partial charge < -0.3 is 0 Å². The molecule has 18 heavy (non-hydrogen) atoms. The Morgan fingerprint density at radius 3 is 2.61 bits per heavy atom. The van der Waals surface area contributed by atoms with Crippen LogP contribution >= 0.6 is 17.5 Å². The lowest BCUT2D eigenvalue weighted by molar-refractivity contribution is 0.944. The van der Waals surface area contributed by atoms with Gasteiger partial charge in [-0.15, -0.1) is 8.40 Å². The molecular weight excluding hydrogens is 252 g/mol. The molecule has 4 heteroatoms. The summed E-state index contributed by atoms with van der Waals surface area (Å²) in [4.78, 5) is 0. The van der Waals surface area contributed by atoms with E-state index in [2.05, 4.69) is 36.4 Å². The second-order valence-electron chi connectivity index (χ2n) is 4.73. The zero-order chi connectivity index (χ0) is 14.1. The highest BCUT2D eigenvalue weighted by Gasteiger charge is 2.16. The van der Waals surface area contributed by atoms with E-state index in [9.17, 15) is 0 Å². The van der Waals surface area contributed by atoms with Gasteiger partial charge in [-0.05, 0) is 40.4 Å². The van der Waals surface area contributed by atoms with Crippen LogP contribution in [0.2, 0.25) is 0 Å². The number of aryl methyl sites for hydroxylation is 2. The lowest BCUT2D eigenvalue weighted by Gasteiger charge is -2.21. The normalized spacial score (nSPS) is 16.7. The highest BCUT2D eigenvalue weighted by atomic mass is 31.1. The van der Waals surface area contributed by atoms with Gasteiger partial charge in [0.15, 0.2) is 7.00 Å². The van der Waals surface area contributed by atoms with E-state index in [0.29, 0.717) is 0 Å². The van der Waals surface area contributed by atoms with Gasteiger partial charge in [-0.1, -0.05) is 41.9 Å². The van der Waals surface area contributed by atoms with Crippen molar-refractivity contribution in [3.63, 3.8) is 0 Å². The van der Waals surface area contributed by atoms with Crippen LogP contribution in [-0.4, -0.2) is 17.1 Å². The van der Waals surface area contributed by atoms with Crippen LogP contribution in [0.5, 0.6) is 0 Å². The van der Waals surface area contributed by atoms with Crippen LogP contribution in [0.15, 0.2) is 36.4 Å². The van der Waals surface area contributed by atoms with Crippen molar-refractivity contribution in [2.24, 2.45) is 0 Å². The van der Waals surface area contributed by atoms with Gasteiger partial charge in [0.2, 0.25) is 0 Å². The molecule has 0 saturated carbocycles. The fourth-order valence-corrected chi connectivity index (χ4v) is 3.41. The van der Waals surface area contributed by atoms with Gasteiger partial charge >= 0.3 is 0 Å². The molecule has 1 aliphatic rings. The van der Waals surface area contributed by atoms with Crippen LogP contribution in [0.1, 0.15) is 11.1 Å². The second kappa shape index (κ2) is 5.20. The summed E-state index contributed by atoms with van der Waals surface area (Å²) in [5.74, 6) is 0. The Morgan fingerprint density at radius 2 is 1.89 bits per heavy atom. The van der Waals surface area contributed by atoms with Crippen molar-refractivity contribution in [2.75, 3.05) is 0 Å². The maximum Gasteiger partial charge on any atom is 0.180 e. The number of hydrogen-bond acceptors (Lipinski definition) is 0. The molecule has 0 N–H and O–H groups in total. The lowest BCUT2D eigenvalue weighted by atomic mass is 9.82. The summed E-state index contributed by atoms with van der Waals surface area (Å²) < 4.78 is 15.3. The number of benzene rings is 2. The molecule has 2 unspecified atom stereocenters. The van der Waals surface area contributed by atoms with Crippen molar-refractivity contribution < 1.29 is 0 Å². The molecule has 2 aromatic rings. The zero-order valence-electron chi connectivity index (χ0n) is 12.5. The van der Waals surface area contributed by atoms with Crippen LogP contribution in [0, 0.1) is 0 Å². The van der Waals surface area contributed by atoms with Gasteiger partial charge in [-0.3, -0.25) is 0 Å². The first-order valence-corrected chi connectivity index (χ1v) is 8.36. The number of hydrogen-bond donors (Lipinski definition) is 0. The van der Waals surface area contributed by atoms with Gasteiger partial charge in [-0.2, -0.15) is 9.06 Å². The maximum absolute atomic E-state index is 7.90. The molecule has 0 heterocycles. The van der Waals surface area contributed by atoms with E-state index in [1.165, 1.54) is 33.0 Å². The van der Waals surface area contributed by atoms with Crippen molar-refractivity contribution >= 4 is 42.8 Å². The first kappa shape index (κ1) is 10.2. The van der Waals surface area contributed by atoms with Gasteiger partial charge in [0, 0.05) is 1.28 Å². The third-order valence-corrected chi connectivity index (χ3v) is 4.88. The van der Waals surface area contributed by atoms with Gasteiger partial charge in [0.25, 0.3) is 0 Å². The molecule has 0 aliphatic heterocycles. The van der Waals surface area contributed by atoms with Gasteiger partial charge in [-0.25, -0.2) is 0 Å². The monoisotopic (exact) mass is 270 g/mol. The molecule has 0 saturated heterocycles. The Morgan fingerprint density at radius 1 is 1.17 bits per heavy atom. The fourth-order valence-electron chi connectivity index (χ4n) is 2.68. The molecule has 0 aromatic heterocycles. The Bertz CT molecular complexity index is 647. The first-order chi connectivity index (χ1) is 9.69. The summed E-state index contributed by atoms with van der Waals surface area (Å²) in [6.45, 7) is 0.873. The van der Waals surface area contributed by atoms with E-state index in [1.54, 1.807) is 0 Å². The minimum atomic E-state index is -0.758. The van der Waals surface area contributed by atoms with E-state index in [1.807, 2.05) is 7.57 Å². The predicted molar refractivity (Wildman–Crippen MR) is 92.3 cm³/mol. The molecule has 2 atom stereocenters. The van der Waals surface area contributed by atoms with Crippen molar-refractivity contribution in [1.82, 2.24) is 0 Å². The third kappa shape index (κ3) is 2.18.